The molecule has 0 saturated heterocycles. The monoisotopic (exact) mass is 258 g/mol. The first-order valence-electron chi connectivity index (χ1n) is 7.16. The number of rotatable bonds is 4. The number of hydrogen-bond acceptors (Lipinski definition) is 1. The Bertz CT molecular complexity index is 558. The molecule has 0 aliphatic carbocycles. The van der Waals surface area contributed by atoms with Crippen LogP contribution in [-0.4, -0.2) is 16.7 Å². The zero-order valence-electron chi connectivity index (χ0n) is 12.9. The van der Waals surface area contributed by atoms with Crippen LogP contribution in [0.2, 0.25) is 0 Å². The lowest BCUT2D eigenvalue weighted by Crippen LogP contribution is -2.36. The third kappa shape index (κ3) is 3.60. The van der Waals surface area contributed by atoms with Crippen LogP contribution in [0.25, 0.3) is 10.9 Å². The third-order valence-electron chi connectivity index (χ3n) is 3.51. The molecular weight excluding hydrogens is 232 g/mol. The Kier molecular flexibility index (Phi) is 4.00. The highest BCUT2D eigenvalue weighted by atomic mass is 14.9. The molecule has 1 N–H and O–H groups in total. The van der Waals surface area contributed by atoms with Gasteiger partial charge in [-0.05, 0) is 64.3 Å². The summed E-state index contributed by atoms with van der Waals surface area (Å²) in [7, 11) is 2.14. The van der Waals surface area contributed by atoms with Crippen molar-refractivity contribution in [2.45, 2.75) is 46.1 Å². The fraction of sp³-hybridized carbons (Fsp3) is 0.529. The summed E-state index contributed by atoms with van der Waals surface area (Å²) in [5.41, 5.74) is 4.36. The standard InChI is InChI=1S/C17H26N2/c1-13-8-9-15-14(12-19(5)16(15)11-13)7-6-10-18-17(2,3)4/h8-9,11-12,18H,6-7,10H2,1-5H3. The summed E-state index contributed by atoms with van der Waals surface area (Å²) in [4.78, 5) is 0. The molecule has 0 aliphatic heterocycles. The predicted molar refractivity (Wildman–Crippen MR) is 83.7 cm³/mol. The second-order valence-corrected chi connectivity index (χ2v) is 6.57. The normalized spacial score (nSPS) is 12.3. The lowest BCUT2D eigenvalue weighted by molar-refractivity contribution is 0.422. The van der Waals surface area contributed by atoms with Gasteiger partial charge >= 0.3 is 0 Å². The Morgan fingerprint density at radius 3 is 2.63 bits per heavy atom. The Morgan fingerprint density at radius 1 is 1.21 bits per heavy atom. The van der Waals surface area contributed by atoms with E-state index in [0.29, 0.717) is 0 Å². The molecule has 0 aliphatic rings. The maximum absolute atomic E-state index is 3.55. The second-order valence-electron chi connectivity index (χ2n) is 6.57. The molecule has 0 amide bonds. The maximum Gasteiger partial charge on any atom is 0.0483 e. The molecule has 0 radical (unpaired) electrons. The Labute approximate surface area is 116 Å². The van der Waals surface area contributed by atoms with Gasteiger partial charge in [-0.1, -0.05) is 12.1 Å². The molecule has 2 rings (SSSR count). The van der Waals surface area contributed by atoms with Crippen LogP contribution in [-0.2, 0) is 13.5 Å². The Balaban J connectivity index is 2.05. The Hall–Kier alpha value is -1.28. The lowest BCUT2D eigenvalue weighted by atomic mass is 10.1. The van der Waals surface area contributed by atoms with Crippen molar-refractivity contribution >= 4 is 10.9 Å². The van der Waals surface area contributed by atoms with Crippen molar-refractivity contribution < 1.29 is 0 Å². The highest BCUT2D eigenvalue weighted by Gasteiger charge is 2.09. The van der Waals surface area contributed by atoms with Gasteiger partial charge in [0.15, 0.2) is 0 Å². The number of aromatic nitrogens is 1. The van der Waals surface area contributed by atoms with E-state index in [2.05, 4.69) is 69.0 Å². The summed E-state index contributed by atoms with van der Waals surface area (Å²) in [5, 5.41) is 4.96. The Morgan fingerprint density at radius 2 is 1.95 bits per heavy atom. The summed E-state index contributed by atoms with van der Waals surface area (Å²) in [6, 6.07) is 6.74. The molecule has 19 heavy (non-hydrogen) atoms. The zero-order chi connectivity index (χ0) is 14.0. The van der Waals surface area contributed by atoms with E-state index in [4.69, 9.17) is 0 Å². The quantitative estimate of drug-likeness (QED) is 0.825. The second kappa shape index (κ2) is 5.38. The van der Waals surface area contributed by atoms with Gasteiger partial charge in [-0.25, -0.2) is 0 Å². The molecule has 1 aromatic heterocycles. The highest BCUT2D eigenvalue weighted by Crippen LogP contribution is 2.22. The van der Waals surface area contributed by atoms with Crippen LogP contribution in [0.15, 0.2) is 24.4 Å². The minimum Gasteiger partial charge on any atom is -0.350 e. The van der Waals surface area contributed by atoms with Crippen LogP contribution >= 0.6 is 0 Å². The maximum atomic E-state index is 3.55. The van der Waals surface area contributed by atoms with E-state index in [1.165, 1.54) is 28.5 Å². The molecule has 0 saturated carbocycles. The van der Waals surface area contributed by atoms with Crippen molar-refractivity contribution in [1.82, 2.24) is 9.88 Å². The summed E-state index contributed by atoms with van der Waals surface area (Å²) in [6.07, 6.45) is 4.61. The number of nitrogens with zero attached hydrogens (tertiary/aromatic N) is 1. The van der Waals surface area contributed by atoms with Crippen LogP contribution in [0.4, 0.5) is 0 Å². The number of nitrogens with one attached hydrogen (secondary N) is 1. The summed E-state index contributed by atoms with van der Waals surface area (Å²) >= 11 is 0. The van der Waals surface area contributed by atoms with Crippen LogP contribution in [0.1, 0.15) is 38.3 Å². The number of aryl methyl sites for hydroxylation is 3. The SMILES string of the molecule is Cc1ccc2c(CCCNC(C)(C)C)cn(C)c2c1. The molecule has 0 spiro atoms. The summed E-state index contributed by atoms with van der Waals surface area (Å²) < 4.78 is 2.24. The third-order valence-corrected chi connectivity index (χ3v) is 3.51. The average molecular weight is 258 g/mol. The van der Waals surface area contributed by atoms with Gasteiger partial charge in [0.05, 0.1) is 0 Å². The summed E-state index contributed by atoms with van der Waals surface area (Å²) in [6.45, 7) is 9.88. The molecule has 2 heteroatoms. The highest BCUT2D eigenvalue weighted by molar-refractivity contribution is 5.84. The van der Waals surface area contributed by atoms with Gasteiger partial charge in [-0.3, -0.25) is 0 Å². The van der Waals surface area contributed by atoms with E-state index in [-0.39, 0.29) is 5.54 Å². The predicted octanol–water partition coefficient (Wildman–Crippen LogP) is 3.81. The first-order valence-corrected chi connectivity index (χ1v) is 7.16. The van der Waals surface area contributed by atoms with Gasteiger partial charge < -0.3 is 9.88 Å². The van der Waals surface area contributed by atoms with Crippen molar-refractivity contribution in [3.63, 3.8) is 0 Å². The first kappa shape index (κ1) is 14.1. The largest absolute Gasteiger partial charge is 0.350 e. The van der Waals surface area contributed by atoms with Crippen LogP contribution in [0.3, 0.4) is 0 Å². The van der Waals surface area contributed by atoms with Crippen molar-refractivity contribution in [3.8, 4) is 0 Å². The molecule has 0 bridgehead atoms. The summed E-state index contributed by atoms with van der Waals surface area (Å²) in [5.74, 6) is 0. The van der Waals surface area contributed by atoms with E-state index in [9.17, 15) is 0 Å². The van der Waals surface area contributed by atoms with Gasteiger partial charge in [0.25, 0.3) is 0 Å². The van der Waals surface area contributed by atoms with Crippen LogP contribution in [0.5, 0.6) is 0 Å². The van der Waals surface area contributed by atoms with E-state index in [1.807, 2.05) is 0 Å². The minimum absolute atomic E-state index is 0.218. The molecule has 0 fully saturated rings. The molecule has 2 nitrogen and oxygen atoms in total. The van der Waals surface area contributed by atoms with Gasteiger partial charge in [0.2, 0.25) is 0 Å². The average Bonchev–Trinajstić information content (AvgIpc) is 2.60. The molecule has 2 aromatic rings. The fourth-order valence-corrected chi connectivity index (χ4v) is 2.52. The van der Waals surface area contributed by atoms with E-state index < -0.39 is 0 Å². The number of fused-ring (bicyclic) bond motifs is 1. The molecule has 1 aromatic carbocycles. The lowest BCUT2D eigenvalue weighted by Gasteiger charge is -2.20. The van der Waals surface area contributed by atoms with Crippen molar-refractivity contribution in [2.24, 2.45) is 7.05 Å². The van der Waals surface area contributed by atoms with Gasteiger partial charge in [-0.15, -0.1) is 0 Å². The number of benzene rings is 1. The van der Waals surface area contributed by atoms with E-state index >= 15 is 0 Å². The van der Waals surface area contributed by atoms with Gasteiger partial charge in [0, 0.05) is 29.7 Å². The molecular formula is C17H26N2. The van der Waals surface area contributed by atoms with E-state index in [1.54, 1.807) is 0 Å². The molecule has 0 atom stereocenters. The zero-order valence-corrected chi connectivity index (χ0v) is 12.9. The fourth-order valence-electron chi connectivity index (χ4n) is 2.52. The first-order chi connectivity index (χ1) is 8.87. The van der Waals surface area contributed by atoms with Gasteiger partial charge in [0.1, 0.15) is 0 Å². The van der Waals surface area contributed by atoms with Crippen molar-refractivity contribution in [2.75, 3.05) is 6.54 Å². The van der Waals surface area contributed by atoms with Crippen molar-refractivity contribution in [1.29, 1.82) is 0 Å². The number of hydrogen-bond donors (Lipinski definition) is 1. The van der Waals surface area contributed by atoms with Gasteiger partial charge in [-0.2, -0.15) is 0 Å². The minimum atomic E-state index is 0.218. The van der Waals surface area contributed by atoms with Crippen molar-refractivity contribution in [3.05, 3.63) is 35.5 Å². The smallest absolute Gasteiger partial charge is 0.0483 e. The molecule has 0 unspecified atom stereocenters. The van der Waals surface area contributed by atoms with Crippen LogP contribution in [0, 0.1) is 6.92 Å². The van der Waals surface area contributed by atoms with Crippen LogP contribution < -0.4 is 5.32 Å². The molecule has 1 heterocycles. The topological polar surface area (TPSA) is 17.0 Å². The molecule has 104 valence electrons. The van der Waals surface area contributed by atoms with E-state index in [0.717, 1.165) is 13.0 Å².